The number of likely N-dealkylation sites (tertiary alicyclic amines) is 1. The van der Waals surface area contributed by atoms with Crippen LogP contribution in [-0.2, 0) is 16.1 Å². The van der Waals surface area contributed by atoms with Crippen LogP contribution in [0, 0.1) is 0 Å². The van der Waals surface area contributed by atoms with E-state index in [2.05, 4.69) is 22.2 Å². The van der Waals surface area contributed by atoms with Gasteiger partial charge < -0.3 is 15.1 Å². The third-order valence-electron chi connectivity index (χ3n) is 5.73. The van der Waals surface area contributed by atoms with E-state index in [-0.39, 0.29) is 11.8 Å². The van der Waals surface area contributed by atoms with Crippen molar-refractivity contribution >= 4 is 17.6 Å². The molecule has 2 aliphatic rings. The molecule has 0 unspecified atom stereocenters. The highest BCUT2D eigenvalue weighted by molar-refractivity contribution is 5.88. The summed E-state index contributed by atoms with van der Waals surface area (Å²) in [7, 11) is 2.11. The molecule has 0 radical (unpaired) electrons. The van der Waals surface area contributed by atoms with Crippen LogP contribution in [-0.4, -0.2) is 47.4 Å². The molecular formula is C20H30N4O2. The first-order valence-electron chi connectivity index (χ1n) is 9.82. The van der Waals surface area contributed by atoms with E-state index in [1.54, 1.807) is 11.8 Å². The Labute approximate surface area is 156 Å². The summed E-state index contributed by atoms with van der Waals surface area (Å²) >= 11 is 0. The largest absolute Gasteiger partial charge is 0.356 e. The molecule has 1 aromatic heterocycles. The summed E-state index contributed by atoms with van der Waals surface area (Å²) in [6.07, 6.45) is 9.48. The van der Waals surface area contributed by atoms with Crippen LogP contribution in [0.15, 0.2) is 18.3 Å². The van der Waals surface area contributed by atoms with Crippen molar-refractivity contribution in [1.82, 2.24) is 15.2 Å². The van der Waals surface area contributed by atoms with Gasteiger partial charge in [-0.3, -0.25) is 9.59 Å². The molecule has 1 saturated heterocycles. The van der Waals surface area contributed by atoms with Crippen molar-refractivity contribution in [2.45, 2.75) is 70.5 Å². The number of aromatic nitrogens is 1. The van der Waals surface area contributed by atoms with Crippen molar-refractivity contribution in [3.05, 3.63) is 23.9 Å². The third kappa shape index (κ3) is 4.17. The molecule has 0 spiro atoms. The van der Waals surface area contributed by atoms with Gasteiger partial charge in [0.1, 0.15) is 11.9 Å². The number of nitrogens with one attached hydrogen (secondary N) is 1. The molecule has 2 fully saturated rings. The highest BCUT2D eigenvalue weighted by atomic mass is 16.2. The van der Waals surface area contributed by atoms with Gasteiger partial charge in [-0.15, -0.1) is 0 Å². The molecule has 0 aromatic carbocycles. The van der Waals surface area contributed by atoms with E-state index in [9.17, 15) is 9.59 Å². The topological polar surface area (TPSA) is 65.5 Å². The summed E-state index contributed by atoms with van der Waals surface area (Å²) < 4.78 is 0. The molecular weight excluding hydrogens is 328 g/mol. The molecule has 0 bridgehead atoms. The summed E-state index contributed by atoms with van der Waals surface area (Å²) in [5.74, 6) is 0.923. The Morgan fingerprint density at radius 1 is 1.35 bits per heavy atom. The maximum atomic E-state index is 12.5. The van der Waals surface area contributed by atoms with Crippen molar-refractivity contribution < 1.29 is 9.59 Å². The Morgan fingerprint density at radius 2 is 2.12 bits per heavy atom. The van der Waals surface area contributed by atoms with Crippen molar-refractivity contribution in [2.75, 3.05) is 18.5 Å². The summed E-state index contributed by atoms with van der Waals surface area (Å²) in [6, 6.07) is 4.04. The number of rotatable bonds is 6. The highest BCUT2D eigenvalue weighted by Crippen LogP contribution is 2.27. The highest BCUT2D eigenvalue weighted by Gasteiger charge is 2.29. The van der Waals surface area contributed by atoms with Gasteiger partial charge in [0.25, 0.3) is 0 Å². The second-order valence-corrected chi connectivity index (χ2v) is 7.47. The average molecular weight is 358 g/mol. The van der Waals surface area contributed by atoms with E-state index in [0.717, 1.165) is 17.8 Å². The number of nitrogens with zero attached hydrogens (tertiary/aromatic N) is 3. The first kappa shape index (κ1) is 18.7. The summed E-state index contributed by atoms with van der Waals surface area (Å²) in [4.78, 5) is 32.9. The maximum absolute atomic E-state index is 12.5. The monoisotopic (exact) mass is 358 g/mol. The molecule has 6 nitrogen and oxygen atoms in total. The molecule has 142 valence electrons. The molecule has 1 aliphatic heterocycles. The number of hydrogen-bond acceptors (Lipinski definition) is 4. The zero-order valence-corrected chi connectivity index (χ0v) is 15.9. The minimum Gasteiger partial charge on any atom is -0.356 e. The maximum Gasteiger partial charge on any atom is 0.242 e. The van der Waals surface area contributed by atoms with Crippen molar-refractivity contribution in [2.24, 2.45) is 0 Å². The first-order valence-corrected chi connectivity index (χ1v) is 9.82. The van der Waals surface area contributed by atoms with Gasteiger partial charge in [-0.2, -0.15) is 0 Å². The van der Waals surface area contributed by atoms with Crippen molar-refractivity contribution in [3.63, 3.8) is 0 Å². The van der Waals surface area contributed by atoms with Crippen LogP contribution >= 0.6 is 0 Å². The predicted molar refractivity (Wildman–Crippen MR) is 102 cm³/mol. The standard InChI is InChI=1S/C20H30N4O2/c1-15(24-13-7-11-18(24)25)20(26)22-14-16-8-6-12-21-19(16)23(2)17-9-4-3-5-10-17/h6,8,12,15,17H,3-5,7,9-11,13-14H2,1-2H3,(H,22,26)/t15-/m0/s1. The van der Waals surface area contributed by atoms with Crippen LogP contribution in [0.3, 0.4) is 0 Å². The van der Waals surface area contributed by atoms with Crippen LogP contribution in [0.25, 0.3) is 0 Å². The zero-order valence-electron chi connectivity index (χ0n) is 15.9. The molecule has 1 saturated carbocycles. The van der Waals surface area contributed by atoms with Crippen LogP contribution < -0.4 is 10.2 Å². The summed E-state index contributed by atoms with van der Waals surface area (Å²) in [6.45, 7) is 2.91. The number of anilines is 1. The number of carbonyl (C=O) groups excluding carboxylic acids is 2. The number of carbonyl (C=O) groups is 2. The number of pyridine rings is 1. The van der Waals surface area contributed by atoms with Gasteiger partial charge in [0.05, 0.1) is 0 Å². The van der Waals surface area contributed by atoms with Crippen molar-refractivity contribution in [3.8, 4) is 0 Å². The number of hydrogen-bond donors (Lipinski definition) is 1. The minimum atomic E-state index is -0.416. The molecule has 6 heteroatoms. The quantitative estimate of drug-likeness (QED) is 0.848. The summed E-state index contributed by atoms with van der Waals surface area (Å²) in [5.41, 5.74) is 1.02. The SMILES string of the molecule is C[C@@H](C(=O)NCc1cccnc1N(C)C1CCCCC1)N1CCCC1=O. The Hall–Kier alpha value is -2.11. The molecule has 26 heavy (non-hydrogen) atoms. The molecule has 2 heterocycles. The van der Waals surface area contributed by atoms with E-state index in [1.807, 2.05) is 18.3 Å². The smallest absolute Gasteiger partial charge is 0.242 e. The lowest BCUT2D eigenvalue weighted by atomic mass is 9.94. The van der Waals surface area contributed by atoms with E-state index in [1.165, 1.54) is 32.1 Å². The fraction of sp³-hybridized carbons (Fsp3) is 0.650. The third-order valence-corrected chi connectivity index (χ3v) is 5.73. The summed E-state index contributed by atoms with van der Waals surface area (Å²) in [5, 5.41) is 2.99. The lowest BCUT2D eigenvalue weighted by Gasteiger charge is -2.33. The van der Waals surface area contributed by atoms with E-state index in [4.69, 9.17) is 0 Å². The van der Waals surface area contributed by atoms with Crippen LogP contribution in [0.2, 0.25) is 0 Å². The Morgan fingerprint density at radius 3 is 2.81 bits per heavy atom. The molecule has 1 N–H and O–H groups in total. The normalized spacial score (nSPS) is 19.5. The molecule has 1 aromatic rings. The van der Waals surface area contributed by atoms with Crippen LogP contribution in [0.1, 0.15) is 57.4 Å². The van der Waals surface area contributed by atoms with Crippen LogP contribution in [0.4, 0.5) is 5.82 Å². The van der Waals surface area contributed by atoms with Gasteiger partial charge in [-0.05, 0) is 32.3 Å². The van der Waals surface area contributed by atoms with Gasteiger partial charge >= 0.3 is 0 Å². The van der Waals surface area contributed by atoms with Gasteiger partial charge in [0.2, 0.25) is 11.8 Å². The number of amides is 2. The zero-order chi connectivity index (χ0) is 18.5. The van der Waals surface area contributed by atoms with E-state index < -0.39 is 6.04 Å². The van der Waals surface area contributed by atoms with Gasteiger partial charge in [0.15, 0.2) is 0 Å². The lowest BCUT2D eigenvalue weighted by molar-refractivity contribution is -0.136. The van der Waals surface area contributed by atoms with Gasteiger partial charge in [0, 0.05) is 44.4 Å². The second-order valence-electron chi connectivity index (χ2n) is 7.47. The first-order chi connectivity index (χ1) is 12.6. The Bertz CT molecular complexity index is 642. The Balaban J connectivity index is 1.62. The van der Waals surface area contributed by atoms with Crippen LogP contribution in [0.5, 0.6) is 0 Å². The minimum absolute atomic E-state index is 0.0757. The lowest BCUT2D eigenvalue weighted by Crippen LogP contribution is -2.45. The van der Waals surface area contributed by atoms with Crippen molar-refractivity contribution in [1.29, 1.82) is 0 Å². The molecule has 1 atom stereocenters. The van der Waals surface area contributed by atoms with E-state index >= 15 is 0 Å². The average Bonchev–Trinajstić information content (AvgIpc) is 3.11. The Kier molecular flexibility index (Phi) is 6.12. The van der Waals surface area contributed by atoms with Gasteiger partial charge in [-0.1, -0.05) is 25.3 Å². The fourth-order valence-corrected chi connectivity index (χ4v) is 4.08. The molecule has 1 aliphatic carbocycles. The molecule has 3 rings (SSSR count). The molecule has 2 amide bonds. The second kappa shape index (κ2) is 8.52. The van der Waals surface area contributed by atoms with Gasteiger partial charge in [-0.25, -0.2) is 4.98 Å². The fourth-order valence-electron chi connectivity index (χ4n) is 4.08. The predicted octanol–water partition coefficient (Wildman–Crippen LogP) is 2.48. The van der Waals surface area contributed by atoms with E-state index in [0.29, 0.717) is 25.6 Å².